The SMILES string of the molecule is COc1ccc(C#CC(=O)O)cc1NC(C)=O. The van der Waals surface area contributed by atoms with Crippen molar-refractivity contribution in [2.24, 2.45) is 0 Å². The molecule has 0 aromatic heterocycles. The van der Waals surface area contributed by atoms with E-state index < -0.39 is 5.97 Å². The predicted octanol–water partition coefficient (Wildman–Crippen LogP) is 1.09. The molecule has 0 atom stereocenters. The molecule has 0 saturated carbocycles. The molecule has 0 radical (unpaired) electrons. The van der Waals surface area contributed by atoms with Crippen LogP contribution in [0.2, 0.25) is 0 Å². The Hall–Kier alpha value is -2.48. The fraction of sp³-hybridized carbons (Fsp3) is 0.167. The maximum Gasteiger partial charge on any atom is 0.382 e. The first-order chi connectivity index (χ1) is 8.02. The number of carboxylic acids is 1. The minimum atomic E-state index is -1.21. The zero-order valence-corrected chi connectivity index (χ0v) is 9.40. The molecule has 88 valence electrons. The molecule has 0 aliphatic rings. The van der Waals surface area contributed by atoms with Crippen LogP contribution in [0.25, 0.3) is 0 Å². The maximum absolute atomic E-state index is 11.0. The van der Waals surface area contributed by atoms with E-state index in [0.717, 1.165) is 0 Å². The summed E-state index contributed by atoms with van der Waals surface area (Å²) in [5, 5.41) is 11.0. The molecule has 0 aliphatic carbocycles. The summed E-state index contributed by atoms with van der Waals surface area (Å²) in [6.45, 7) is 1.37. The summed E-state index contributed by atoms with van der Waals surface area (Å²) in [7, 11) is 1.48. The molecule has 17 heavy (non-hydrogen) atoms. The van der Waals surface area contributed by atoms with Crippen LogP contribution in [-0.4, -0.2) is 24.1 Å². The molecule has 5 heteroatoms. The number of benzene rings is 1. The van der Waals surface area contributed by atoms with Crippen LogP contribution in [0.5, 0.6) is 5.75 Å². The standard InChI is InChI=1S/C12H11NO4/c1-8(14)13-10-7-9(4-6-12(15)16)3-5-11(10)17-2/h3,5,7H,1-2H3,(H,13,14)(H,15,16). The van der Waals surface area contributed by atoms with E-state index in [2.05, 4.69) is 11.2 Å². The number of hydrogen-bond donors (Lipinski definition) is 2. The average Bonchev–Trinajstić information content (AvgIpc) is 2.25. The number of amides is 1. The molecule has 2 N–H and O–H groups in total. The van der Waals surface area contributed by atoms with Crippen molar-refractivity contribution in [3.63, 3.8) is 0 Å². The first-order valence-electron chi connectivity index (χ1n) is 4.73. The lowest BCUT2D eigenvalue weighted by Gasteiger charge is -2.08. The van der Waals surface area contributed by atoms with Crippen molar-refractivity contribution in [1.82, 2.24) is 0 Å². The third-order valence-corrected chi connectivity index (χ3v) is 1.82. The molecule has 0 bridgehead atoms. The van der Waals surface area contributed by atoms with Gasteiger partial charge in [0.25, 0.3) is 0 Å². The van der Waals surface area contributed by atoms with Gasteiger partial charge in [0.15, 0.2) is 0 Å². The lowest BCUT2D eigenvalue weighted by Crippen LogP contribution is -2.07. The molecular weight excluding hydrogens is 222 g/mol. The lowest BCUT2D eigenvalue weighted by atomic mass is 10.2. The van der Waals surface area contributed by atoms with E-state index in [-0.39, 0.29) is 5.91 Å². The Kier molecular flexibility index (Phi) is 4.12. The van der Waals surface area contributed by atoms with Gasteiger partial charge in [0.1, 0.15) is 5.75 Å². The quantitative estimate of drug-likeness (QED) is 0.750. The van der Waals surface area contributed by atoms with E-state index >= 15 is 0 Å². The Bertz CT molecular complexity index is 511. The van der Waals surface area contributed by atoms with Gasteiger partial charge in [-0.1, -0.05) is 5.92 Å². The molecule has 1 aromatic rings. The third-order valence-electron chi connectivity index (χ3n) is 1.82. The summed E-state index contributed by atoms with van der Waals surface area (Å²) in [4.78, 5) is 21.3. The number of anilines is 1. The zero-order valence-electron chi connectivity index (χ0n) is 9.40. The molecule has 0 fully saturated rings. The smallest absolute Gasteiger partial charge is 0.382 e. The normalized spacial score (nSPS) is 8.82. The largest absolute Gasteiger partial charge is 0.495 e. The first-order valence-corrected chi connectivity index (χ1v) is 4.73. The van der Waals surface area contributed by atoms with Crippen molar-refractivity contribution < 1.29 is 19.4 Å². The predicted molar refractivity (Wildman–Crippen MR) is 61.8 cm³/mol. The minimum Gasteiger partial charge on any atom is -0.495 e. The Morgan fingerprint density at radius 2 is 2.12 bits per heavy atom. The highest BCUT2D eigenvalue weighted by Gasteiger charge is 2.04. The van der Waals surface area contributed by atoms with Gasteiger partial charge in [0.2, 0.25) is 5.91 Å². The van der Waals surface area contributed by atoms with Gasteiger partial charge in [0.05, 0.1) is 12.8 Å². The van der Waals surface area contributed by atoms with Crippen LogP contribution >= 0.6 is 0 Å². The Morgan fingerprint density at radius 1 is 1.41 bits per heavy atom. The maximum atomic E-state index is 11.0. The number of ether oxygens (including phenoxy) is 1. The number of carbonyl (C=O) groups is 2. The monoisotopic (exact) mass is 233 g/mol. The second kappa shape index (κ2) is 5.56. The topological polar surface area (TPSA) is 75.6 Å². The molecule has 0 aliphatic heterocycles. The van der Waals surface area contributed by atoms with Crippen LogP contribution in [0.1, 0.15) is 12.5 Å². The van der Waals surface area contributed by atoms with Gasteiger partial charge in [-0.2, -0.15) is 0 Å². The first kappa shape index (κ1) is 12.6. The van der Waals surface area contributed by atoms with Crippen LogP contribution in [0, 0.1) is 11.8 Å². The summed E-state index contributed by atoms with van der Waals surface area (Å²) in [5.74, 6) is 3.48. The van der Waals surface area contributed by atoms with E-state index in [0.29, 0.717) is 17.0 Å². The summed E-state index contributed by atoms with van der Waals surface area (Å²) in [6, 6.07) is 4.77. The number of nitrogens with one attached hydrogen (secondary N) is 1. The fourth-order valence-corrected chi connectivity index (χ4v) is 1.20. The highest BCUT2D eigenvalue weighted by Crippen LogP contribution is 2.24. The van der Waals surface area contributed by atoms with Gasteiger partial charge in [0, 0.05) is 18.4 Å². The molecule has 0 heterocycles. The molecule has 1 amide bonds. The van der Waals surface area contributed by atoms with Crippen molar-refractivity contribution >= 4 is 17.6 Å². The van der Waals surface area contributed by atoms with Gasteiger partial charge in [-0.3, -0.25) is 4.79 Å². The summed E-state index contributed by atoms with van der Waals surface area (Å²) in [6.07, 6.45) is 0. The van der Waals surface area contributed by atoms with E-state index in [1.165, 1.54) is 14.0 Å². The van der Waals surface area contributed by atoms with E-state index in [9.17, 15) is 9.59 Å². The van der Waals surface area contributed by atoms with Crippen molar-refractivity contribution in [2.75, 3.05) is 12.4 Å². The summed E-state index contributed by atoms with van der Waals surface area (Å²) < 4.78 is 5.05. The zero-order chi connectivity index (χ0) is 12.8. The third kappa shape index (κ3) is 3.87. The number of rotatable bonds is 2. The molecule has 5 nitrogen and oxygen atoms in total. The highest BCUT2D eigenvalue weighted by atomic mass is 16.5. The number of aliphatic carboxylic acids is 1. The lowest BCUT2D eigenvalue weighted by molar-refractivity contribution is -0.130. The minimum absolute atomic E-state index is 0.244. The van der Waals surface area contributed by atoms with Crippen molar-refractivity contribution in [3.05, 3.63) is 23.8 Å². The average molecular weight is 233 g/mol. The van der Waals surface area contributed by atoms with E-state index in [4.69, 9.17) is 9.84 Å². The van der Waals surface area contributed by atoms with Crippen LogP contribution in [0.3, 0.4) is 0 Å². The van der Waals surface area contributed by atoms with Gasteiger partial charge in [-0.05, 0) is 18.2 Å². The van der Waals surface area contributed by atoms with E-state index in [1.54, 1.807) is 18.2 Å². The number of carbonyl (C=O) groups excluding carboxylic acids is 1. The van der Waals surface area contributed by atoms with Crippen molar-refractivity contribution in [2.45, 2.75) is 6.92 Å². The summed E-state index contributed by atoms with van der Waals surface area (Å²) in [5.41, 5.74) is 0.939. The Labute approximate surface area is 98.4 Å². The number of methoxy groups -OCH3 is 1. The number of hydrogen-bond acceptors (Lipinski definition) is 3. The van der Waals surface area contributed by atoms with Crippen LogP contribution < -0.4 is 10.1 Å². The second-order valence-corrected chi connectivity index (χ2v) is 3.15. The molecule has 0 saturated heterocycles. The van der Waals surface area contributed by atoms with Crippen molar-refractivity contribution in [3.8, 4) is 17.6 Å². The van der Waals surface area contributed by atoms with Gasteiger partial charge >= 0.3 is 5.97 Å². The van der Waals surface area contributed by atoms with Crippen molar-refractivity contribution in [1.29, 1.82) is 0 Å². The fourth-order valence-electron chi connectivity index (χ4n) is 1.20. The van der Waals surface area contributed by atoms with E-state index in [1.807, 2.05) is 5.92 Å². The summed E-state index contributed by atoms with van der Waals surface area (Å²) >= 11 is 0. The molecule has 1 aromatic carbocycles. The van der Waals surface area contributed by atoms with Gasteiger partial charge in [-0.25, -0.2) is 4.79 Å². The Morgan fingerprint density at radius 3 is 2.65 bits per heavy atom. The van der Waals surface area contributed by atoms with Gasteiger partial charge < -0.3 is 15.2 Å². The molecule has 0 unspecified atom stereocenters. The van der Waals surface area contributed by atoms with Crippen LogP contribution in [0.4, 0.5) is 5.69 Å². The van der Waals surface area contributed by atoms with Crippen LogP contribution in [0.15, 0.2) is 18.2 Å². The molecule has 1 rings (SSSR count). The number of carboxylic acid groups (broad SMARTS) is 1. The molecular formula is C12H11NO4. The van der Waals surface area contributed by atoms with Crippen LogP contribution in [-0.2, 0) is 9.59 Å². The Balaban J connectivity index is 3.09. The molecule has 0 spiro atoms. The van der Waals surface area contributed by atoms with Gasteiger partial charge in [-0.15, -0.1) is 0 Å². The highest BCUT2D eigenvalue weighted by molar-refractivity contribution is 5.91. The second-order valence-electron chi connectivity index (χ2n) is 3.15.